The van der Waals surface area contributed by atoms with Gasteiger partial charge in [-0.05, 0) is 65.0 Å². The Morgan fingerprint density at radius 3 is 2.08 bits per heavy atom. The molecule has 4 aromatic heterocycles. The Bertz CT molecular complexity index is 3390. The van der Waals surface area contributed by atoms with E-state index in [9.17, 15) is 0 Å². The number of pyridine rings is 2. The number of aryl methyl sites for hydroxylation is 2. The molecule has 321 valence electrons. The van der Waals surface area contributed by atoms with Crippen LogP contribution in [0, 0.1) is 31.3 Å². The molecular weight excluding hydrogens is 977 g/mol. The quantitative estimate of drug-likeness (QED) is 0.118. The van der Waals surface area contributed by atoms with Crippen molar-refractivity contribution in [3.05, 3.63) is 187 Å². The van der Waals surface area contributed by atoms with E-state index in [-0.39, 0.29) is 25.7 Å². The minimum absolute atomic E-state index is 0. The maximum Gasteiger partial charge on any atom is 0.216 e. The van der Waals surface area contributed by atoms with Gasteiger partial charge >= 0.3 is 0 Å². The summed E-state index contributed by atoms with van der Waals surface area (Å²) in [6, 6.07) is 57.0. The second kappa shape index (κ2) is 18.1. The van der Waals surface area contributed by atoms with Crippen molar-refractivity contribution in [3.63, 3.8) is 0 Å². The third kappa shape index (κ3) is 9.07. The van der Waals surface area contributed by atoms with Crippen LogP contribution in [0.3, 0.4) is 0 Å². The zero-order valence-corrected chi connectivity index (χ0v) is 40.4. The van der Waals surface area contributed by atoms with Crippen molar-refractivity contribution < 1.29 is 31.4 Å². The Hall–Kier alpha value is -6.24. The summed E-state index contributed by atoms with van der Waals surface area (Å²) in [6.07, 6.45) is 0.269. The van der Waals surface area contributed by atoms with Crippen LogP contribution in [0.15, 0.2) is 162 Å². The van der Waals surface area contributed by atoms with Crippen LogP contribution in [0.1, 0.15) is 44.4 Å². The maximum absolute atomic E-state index is 8.79. The molecule has 5 nitrogen and oxygen atoms in total. The maximum atomic E-state index is 8.79. The van der Waals surface area contributed by atoms with Crippen molar-refractivity contribution in [2.45, 2.75) is 60.6 Å². The molecular formula is C57H52IrN4OSi-2. The number of furan rings is 1. The molecule has 0 aliphatic carbocycles. The molecule has 4 heterocycles. The Kier molecular flexibility index (Phi) is 10.8. The van der Waals surface area contributed by atoms with Gasteiger partial charge in [-0.25, -0.2) is 4.98 Å². The molecule has 0 N–H and O–H groups in total. The summed E-state index contributed by atoms with van der Waals surface area (Å²) in [5.41, 5.74) is 12.1. The van der Waals surface area contributed by atoms with Crippen LogP contribution in [-0.4, -0.2) is 27.6 Å². The monoisotopic (exact) mass is 1030 g/mol. The number of nitrogens with zero attached hydrogens (tertiary/aromatic N) is 4. The third-order valence-corrected chi connectivity index (χ3v) is 13.0. The largest absolute Gasteiger partial charge is 0.486 e. The van der Waals surface area contributed by atoms with Gasteiger partial charge in [0, 0.05) is 55.4 Å². The van der Waals surface area contributed by atoms with E-state index in [1.807, 2.05) is 58.0 Å². The minimum Gasteiger partial charge on any atom is -0.486 e. The molecule has 6 aromatic carbocycles. The first-order valence-electron chi connectivity index (χ1n) is 23.8. The summed E-state index contributed by atoms with van der Waals surface area (Å²) >= 11 is 0. The second-order valence-electron chi connectivity index (χ2n) is 17.9. The van der Waals surface area contributed by atoms with Gasteiger partial charge in [0.15, 0.2) is 0 Å². The van der Waals surface area contributed by atoms with Crippen LogP contribution in [-0.2, 0) is 26.5 Å². The second-order valence-corrected chi connectivity index (χ2v) is 23.0. The van der Waals surface area contributed by atoms with Crippen LogP contribution >= 0.6 is 0 Å². The topological polar surface area (TPSA) is 56.7 Å². The third-order valence-electron chi connectivity index (χ3n) is 11.0. The fourth-order valence-electron chi connectivity index (χ4n) is 8.08. The van der Waals surface area contributed by atoms with Crippen molar-refractivity contribution in [1.82, 2.24) is 19.5 Å². The van der Waals surface area contributed by atoms with Crippen molar-refractivity contribution in [1.29, 1.82) is 0 Å². The Balaban J connectivity index is 0.000000201. The minimum atomic E-state index is -2.17. The molecule has 7 heteroatoms. The molecule has 0 unspecified atom stereocenters. The summed E-state index contributed by atoms with van der Waals surface area (Å²) in [5.74, 6) is 0.771. The van der Waals surface area contributed by atoms with E-state index in [2.05, 4.69) is 149 Å². The van der Waals surface area contributed by atoms with Gasteiger partial charge in [-0.2, -0.15) is 0 Å². The van der Waals surface area contributed by atoms with Crippen LogP contribution in [0.5, 0.6) is 0 Å². The summed E-state index contributed by atoms with van der Waals surface area (Å²) in [5, 5.41) is 2.99. The van der Waals surface area contributed by atoms with Crippen LogP contribution < -0.4 is 5.19 Å². The van der Waals surface area contributed by atoms with E-state index >= 15 is 0 Å². The molecule has 0 fully saturated rings. The average Bonchev–Trinajstić information content (AvgIpc) is 3.89. The van der Waals surface area contributed by atoms with E-state index in [4.69, 9.17) is 16.3 Å². The number of hydrogen-bond acceptors (Lipinski definition) is 4. The van der Waals surface area contributed by atoms with E-state index in [0.29, 0.717) is 22.5 Å². The Labute approximate surface area is 398 Å². The summed E-state index contributed by atoms with van der Waals surface area (Å²) in [4.78, 5) is 14.4. The predicted molar refractivity (Wildman–Crippen MR) is 265 cm³/mol. The fourth-order valence-corrected chi connectivity index (χ4v) is 9.47. The van der Waals surface area contributed by atoms with E-state index < -0.39 is 26.7 Å². The van der Waals surface area contributed by atoms with Crippen LogP contribution in [0.4, 0.5) is 0 Å². The SMILES string of the molecule is Cc1ccc2c(n1)oc1c(-c3nc4ccccc4n3-c3c(-c4ccccc4)cccc3-c3ccccc3)[c-]ccc12.[2H]C([2H])([2H])c1c[c-]c(-c2cc(C([2H])([2H])C(C)(C)C)c([Si](C)(C)C)cn2)cc1.[Ir]. The van der Waals surface area contributed by atoms with Crippen molar-refractivity contribution in [3.8, 4) is 50.6 Å². The summed E-state index contributed by atoms with van der Waals surface area (Å²) in [7, 11) is -1.81. The first-order chi connectivity index (χ1) is 32.3. The molecule has 0 aliphatic rings. The molecule has 0 saturated carbocycles. The number of benzene rings is 6. The molecule has 1 radical (unpaired) electrons. The van der Waals surface area contributed by atoms with Crippen LogP contribution in [0.25, 0.3) is 83.7 Å². The number of fused-ring (bicyclic) bond motifs is 4. The van der Waals surface area contributed by atoms with Crippen LogP contribution in [0.2, 0.25) is 19.6 Å². The van der Waals surface area contributed by atoms with Gasteiger partial charge < -0.3 is 14.0 Å². The number of imidazole rings is 1. The van der Waals surface area contributed by atoms with E-state index in [1.165, 1.54) is 6.07 Å². The smallest absolute Gasteiger partial charge is 0.216 e. The predicted octanol–water partition coefficient (Wildman–Crippen LogP) is 14.4. The van der Waals surface area contributed by atoms with Gasteiger partial charge in [0.25, 0.3) is 0 Å². The van der Waals surface area contributed by atoms with Crippen molar-refractivity contribution >= 4 is 46.4 Å². The van der Waals surface area contributed by atoms with Crippen molar-refractivity contribution in [2.75, 3.05) is 0 Å². The van der Waals surface area contributed by atoms with Crippen molar-refractivity contribution in [2.24, 2.45) is 5.41 Å². The molecule has 10 rings (SSSR count). The molecule has 0 atom stereocenters. The normalized spacial score (nSPS) is 13.3. The van der Waals surface area contributed by atoms with Gasteiger partial charge in [0.05, 0.1) is 36.2 Å². The number of rotatable bonds is 7. The molecule has 10 aromatic rings. The van der Waals surface area contributed by atoms with Gasteiger partial charge in [0.2, 0.25) is 5.71 Å². The number of hydrogen-bond donors (Lipinski definition) is 0. The molecule has 0 amide bonds. The molecule has 0 spiro atoms. The first-order valence-corrected chi connectivity index (χ1v) is 24.8. The number of para-hydroxylation sites is 3. The average molecular weight is 1030 g/mol. The van der Waals surface area contributed by atoms with E-state index in [1.54, 1.807) is 18.3 Å². The van der Waals surface area contributed by atoms with Gasteiger partial charge in [-0.3, -0.25) is 4.98 Å². The standard InChI is InChI=1S/C37H24N3O.C20H28NSi.Ir/c1-24-22-23-30-29-18-11-19-31(35(29)41-37(30)38-24)36-39-32-20-8-9-21-33(32)40(36)34-27(25-12-4-2-5-13-25)16-10-17-28(34)26-14-6-3-7-15-26;1-15-8-10-16(11-9-15)18-12-17(13-20(2,3)4)19(14-21-18)22(5,6)7;/h2-18,20-23H,1H3;8-10,12,14H,13H2,1-7H3;/q2*-1;/i;1D3,13D2;. The van der Waals surface area contributed by atoms with E-state index in [0.717, 1.165) is 77.6 Å². The summed E-state index contributed by atoms with van der Waals surface area (Å²) < 4.78 is 48.7. The summed E-state index contributed by atoms with van der Waals surface area (Å²) in [6.45, 7) is 12.1. The molecule has 0 saturated heterocycles. The Morgan fingerprint density at radius 1 is 0.750 bits per heavy atom. The first kappa shape index (κ1) is 38.2. The molecule has 64 heavy (non-hydrogen) atoms. The van der Waals surface area contributed by atoms with Gasteiger partial charge in [-0.1, -0.05) is 161 Å². The zero-order valence-electron chi connectivity index (χ0n) is 42.0. The van der Waals surface area contributed by atoms with Gasteiger partial charge in [0.1, 0.15) is 0 Å². The number of aromatic nitrogens is 4. The fraction of sp³-hybridized carbons (Fsp3) is 0.175. The van der Waals surface area contributed by atoms with Gasteiger partial charge in [-0.15, -0.1) is 53.6 Å². The zero-order chi connectivity index (χ0) is 48.2. The molecule has 0 bridgehead atoms. The Morgan fingerprint density at radius 2 is 1.44 bits per heavy atom. The molecule has 0 aliphatic heterocycles.